The molecule has 20 heavy (non-hydrogen) atoms. The van der Waals surface area contributed by atoms with Crippen molar-refractivity contribution in [3.63, 3.8) is 0 Å². The molecule has 0 unspecified atom stereocenters. The second-order valence-electron chi connectivity index (χ2n) is 4.79. The first-order valence-electron chi connectivity index (χ1n) is 6.71. The molecule has 2 N–H and O–H groups in total. The Morgan fingerprint density at radius 1 is 1.25 bits per heavy atom. The zero-order valence-electron chi connectivity index (χ0n) is 11.6. The van der Waals surface area contributed by atoms with E-state index >= 15 is 0 Å². The number of aromatic amines is 1. The third kappa shape index (κ3) is 3.15. The lowest BCUT2D eigenvalue weighted by atomic mass is 9.97. The lowest BCUT2D eigenvalue weighted by Gasteiger charge is -2.15. The number of benzene rings is 1. The fraction of sp³-hybridized carbons (Fsp3) is 0.250. The summed E-state index contributed by atoms with van der Waals surface area (Å²) < 4.78 is 0. The Morgan fingerprint density at radius 2 is 2.00 bits per heavy atom. The smallest absolute Gasteiger partial charge is 0.257 e. The van der Waals surface area contributed by atoms with Gasteiger partial charge in [-0.25, -0.2) is 0 Å². The van der Waals surface area contributed by atoms with E-state index in [4.69, 9.17) is 0 Å². The van der Waals surface area contributed by atoms with E-state index in [1.807, 2.05) is 24.3 Å². The molecule has 0 saturated heterocycles. The molecule has 0 aliphatic carbocycles. The normalized spacial score (nSPS) is 11.9. The van der Waals surface area contributed by atoms with E-state index in [1.54, 1.807) is 0 Å². The van der Waals surface area contributed by atoms with Gasteiger partial charge in [-0.1, -0.05) is 32.0 Å². The van der Waals surface area contributed by atoms with Gasteiger partial charge in [0, 0.05) is 18.0 Å². The van der Waals surface area contributed by atoms with E-state index in [0.29, 0.717) is 11.5 Å². The number of carbonyl (C=O) groups is 1. The third-order valence-corrected chi connectivity index (χ3v) is 3.40. The molecule has 1 aromatic carbocycles. The van der Waals surface area contributed by atoms with Crippen molar-refractivity contribution in [2.45, 2.75) is 26.2 Å². The van der Waals surface area contributed by atoms with Crippen LogP contribution in [0.25, 0.3) is 0 Å². The van der Waals surface area contributed by atoms with Crippen LogP contribution in [0, 0.1) is 0 Å². The number of hydrogen-bond acceptors (Lipinski definition) is 2. The van der Waals surface area contributed by atoms with Gasteiger partial charge in [0.05, 0.1) is 5.56 Å². The van der Waals surface area contributed by atoms with Gasteiger partial charge in [-0.05, 0) is 30.0 Å². The van der Waals surface area contributed by atoms with Crippen LogP contribution in [0.1, 0.15) is 42.1 Å². The number of amides is 1. The number of H-pyrrole nitrogens is 1. The van der Waals surface area contributed by atoms with Crippen molar-refractivity contribution in [1.82, 2.24) is 4.98 Å². The molecule has 0 saturated carbocycles. The molecule has 104 valence electrons. The van der Waals surface area contributed by atoms with Crippen LogP contribution in [0.4, 0.5) is 5.69 Å². The van der Waals surface area contributed by atoms with Crippen LogP contribution in [-0.4, -0.2) is 10.9 Å². The number of para-hydroxylation sites is 1. The molecule has 0 aliphatic heterocycles. The van der Waals surface area contributed by atoms with Crippen LogP contribution < -0.4 is 10.9 Å². The summed E-state index contributed by atoms with van der Waals surface area (Å²) in [7, 11) is 0. The highest BCUT2D eigenvalue weighted by molar-refractivity contribution is 6.04. The van der Waals surface area contributed by atoms with Crippen molar-refractivity contribution < 1.29 is 4.79 Å². The Morgan fingerprint density at radius 3 is 2.65 bits per heavy atom. The number of carbonyl (C=O) groups excluding carboxylic acids is 1. The van der Waals surface area contributed by atoms with Gasteiger partial charge in [-0.3, -0.25) is 9.59 Å². The standard InChI is InChI=1S/C16H18N2O2/c1-3-11(2)13-6-4-5-7-14(13)18-16(20)12-8-9-15(19)17-10-12/h4-11H,3H2,1-2H3,(H,17,19)(H,18,20)/t11-/m1/s1. The average molecular weight is 270 g/mol. The monoisotopic (exact) mass is 270 g/mol. The second-order valence-corrected chi connectivity index (χ2v) is 4.79. The number of hydrogen-bond donors (Lipinski definition) is 2. The summed E-state index contributed by atoms with van der Waals surface area (Å²) in [4.78, 5) is 25.7. The molecule has 0 bridgehead atoms. The number of pyridine rings is 1. The van der Waals surface area contributed by atoms with Crippen molar-refractivity contribution in [2.24, 2.45) is 0 Å². The zero-order valence-corrected chi connectivity index (χ0v) is 11.6. The lowest BCUT2D eigenvalue weighted by Crippen LogP contribution is -2.16. The van der Waals surface area contributed by atoms with Crippen molar-refractivity contribution in [3.8, 4) is 0 Å². The molecule has 2 aromatic rings. The highest BCUT2D eigenvalue weighted by Gasteiger charge is 2.12. The molecular formula is C16H18N2O2. The first-order valence-corrected chi connectivity index (χ1v) is 6.71. The maximum atomic E-state index is 12.2. The van der Waals surface area contributed by atoms with Gasteiger partial charge in [-0.15, -0.1) is 0 Å². The summed E-state index contributed by atoms with van der Waals surface area (Å²) in [6.45, 7) is 4.25. The number of aromatic nitrogens is 1. The molecule has 2 rings (SSSR count). The zero-order chi connectivity index (χ0) is 14.5. The summed E-state index contributed by atoms with van der Waals surface area (Å²) in [5.74, 6) is 0.152. The molecule has 4 nitrogen and oxygen atoms in total. The molecule has 0 fully saturated rings. The van der Waals surface area contributed by atoms with Crippen LogP contribution in [0.15, 0.2) is 47.4 Å². The topological polar surface area (TPSA) is 62.0 Å². The first-order chi connectivity index (χ1) is 9.61. The Labute approximate surface area is 117 Å². The first kappa shape index (κ1) is 14.1. The van der Waals surface area contributed by atoms with Gasteiger partial charge in [0.25, 0.3) is 5.91 Å². The summed E-state index contributed by atoms with van der Waals surface area (Å²) in [5, 5.41) is 2.90. The molecule has 0 aliphatic rings. The third-order valence-electron chi connectivity index (χ3n) is 3.40. The van der Waals surface area contributed by atoms with Crippen molar-refractivity contribution in [1.29, 1.82) is 0 Å². The Balaban J connectivity index is 2.24. The number of nitrogens with one attached hydrogen (secondary N) is 2. The predicted octanol–water partition coefficient (Wildman–Crippen LogP) is 3.14. The minimum absolute atomic E-state index is 0.221. The van der Waals surface area contributed by atoms with Gasteiger partial charge in [0.1, 0.15) is 0 Å². The highest BCUT2D eigenvalue weighted by Crippen LogP contribution is 2.26. The van der Waals surface area contributed by atoms with Crippen molar-refractivity contribution in [2.75, 3.05) is 5.32 Å². The van der Waals surface area contributed by atoms with Crippen molar-refractivity contribution >= 4 is 11.6 Å². The SMILES string of the molecule is CC[C@@H](C)c1ccccc1NC(=O)c1ccc(=O)[nH]c1. The quantitative estimate of drug-likeness (QED) is 0.896. The van der Waals surface area contributed by atoms with Gasteiger partial charge in [0.15, 0.2) is 0 Å². The highest BCUT2D eigenvalue weighted by atomic mass is 16.1. The minimum atomic E-state index is -0.225. The number of rotatable bonds is 4. The van der Waals surface area contributed by atoms with E-state index in [1.165, 1.54) is 18.3 Å². The fourth-order valence-electron chi connectivity index (χ4n) is 2.01. The van der Waals surface area contributed by atoms with Crippen LogP contribution in [0.5, 0.6) is 0 Å². The van der Waals surface area contributed by atoms with E-state index in [9.17, 15) is 9.59 Å². The van der Waals surface area contributed by atoms with Gasteiger partial charge in [0.2, 0.25) is 5.56 Å². The van der Waals surface area contributed by atoms with E-state index in [0.717, 1.165) is 17.7 Å². The molecular weight excluding hydrogens is 252 g/mol. The molecule has 0 radical (unpaired) electrons. The summed E-state index contributed by atoms with van der Waals surface area (Å²) >= 11 is 0. The minimum Gasteiger partial charge on any atom is -0.328 e. The van der Waals surface area contributed by atoms with E-state index < -0.39 is 0 Å². The predicted molar refractivity (Wildman–Crippen MR) is 80.2 cm³/mol. The fourth-order valence-corrected chi connectivity index (χ4v) is 2.01. The van der Waals surface area contributed by atoms with Gasteiger partial charge >= 0.3 is 0 Å². The van der Waals surface area contributed by atoms with Gasteiger partial charge in [-0.2, -0.15) is 0 Å². The van der Waals surface area contributed by atoms with Crippen LogP contribution in [-0.2, 0) is 0 Å². The largest absolute Gasteiger partial charge is 0.328 e. The second kappa shape index (κ2) is 6.19. The number of anilines is 1. The maximum absolute atomic E-state index is 12.2. The molecule has 1 aromatic heterocycles. The van der Waals surface area contributed by atoms with Gasteiger partial charge < -0.3 is 10.3 Å². The molecule has 1 amide bonds. The Kier molecular flexibility index (Phi) is 4.35. The molecule has 1 heterocycles. The maximum Gasteiger partial charge on any atom is 0.257 e. The van der Waals surface area contributed by atoms with E-state index in [2.05, 4.69) is 24.1 Å². The van der Waals surface area contributed by atoms with Crippen molar-refractivity contribution in [3.05, 3.63) is 64.1 Å². The van der Waals surface area contributed by atoms with Crippen LogP contribution in [0.2, 0.25) is 0 Å². The Bertz CT molecular complexity index is 641. The molecule has 1 atom stereocenters. The summed E-state index contributed by atoms with van der Waals surface area (Å²) in [5.41, 5.74) is 2.15. The summed E-state index contributed by atoms with van der Waals surface area (Å²) in [6, 6.07) is 10.6. The summed E-state index contributed by atoms with van der Waals surface area (Å²) in [6.07, 6.45) is 2.43. The van der Waals surface area contributed by atoms with Crippen LogP contribution >= 0.6 is 0 Å². The van der Waals surface area contributed by atoms with Crippen LogP contribution in [0.3, 0.4) is 0 Å². The Hall–Kier alpha value is -2.36. The van der Waals surface area contributed by atoms with E-state index in [-0.39, 0.29) is 11.5 Å². The molecule has 4 heteroatoms. The lowest BCUT2D eigenvalue weighted by molar-refractivity contribution is 0.102. The average Bonchev–Trinajstić information content (AvgIpc) is 2.47. The molecule has 0 spiro atoms.